The Bertz CT molecular complexity index is 612. The summed E-state index contributed by atoms with van der Waals surface area (Å²) in [5.41, 5.74) is 0.642. The summed E-state index contributed by atoms with van der Waals surface area (Å²) in [4.78, 5) is 16.5. The first-order valence-corrected chi connectivity index (χ1v) is 6.73. The third-order valence-corrected chi connectivity index (χ3v) is 3.19. The highest BCUT2D eigenvalue weighted by atomic mass is 79.9. The molecule has 2 aromatic rings. The van der Waals surface area contributed by atoms with Gasteiger partial charge >= 0.3 is 0 Å². The van der Waals surface area contributed by atoms with Crippen molar-refractivity contribution in [3.05, 3.63) is 39.4 Å². The topological polar surface area (TPSA) is 53.4 Å². The van der Waals surface area contributed by atoms with Crippen molar-refractivity contribution >= 4 is 26.8 Å². The van der Waals surface area contributed by atoms with Crippen LogP contribution in [0.3, 0.4) is 0 Å². The van der Waals surface area contributed by atoms with Gasteiger partial charge in [0.05, 0.1) is 43.6 Å². The van der Waals surface area contributed by atoms with Gasteiger partial charge in [-0.2, -0.15) is 0 Å². The minimum atomic E-state index is -0.0483. The van der Waals surface area contributed by atoms with E-state index in [1.807, 2.05) is 12.1 Å². The van der Waals surface area contributed by atoms with Crippen molar-refractivity contribution < 1.29 is 9.47 Å². The summed E-state index contributed by atoms with van der Waals surface area (Å²) in [6.45, 7) is 2.03. The van der Waals surface area contributed by atoms with Gasteiger partial charge < -0.3 is 9.47 Å². The van der Waals surface area contributed by atoms with E-state index >= 15 is 0 Å². The largest absolute Gasteiger partial charge is 0.382 e. The number of halogens is 1. The number of rotatable bonds is 6. The Morgan fingerprint density at radius 1 is 1.32 bits per heavy atom. The Labute approximate surface area is 119 Å². The molecule has 1 aromatic carbocycles. The Morgan fingerprint density at radius 2 is 2.16 bits per heavy atom. The van der Waals surface area contributed by atoms with Crippen LogP contribution in [0, 0.1) is 0 Å². The van der Waals surface area contributed by atoms with Crippen LogP contribution in [0.1, 0.15) is 0 Å². The molecule has 0 aliphatic rings. The number of fused-ring (bicyclic) bond motifs is 1. The molecular weight excluding hydrogens is 312 g/mol. The zero-order valence-corrected chi connectivity index (χ0v) is 12.2. The molecule has 0 unspecified atom stereocenters. The lowest BCUT2D eigenvalue weighted by Gasteiger charge is -2.07. The van der Waals surface area contributed by atoms with E-state index in [1.54, 1.807) is 24.1 Å². The molecule has 0 aliphatic heterocycles. The zero-order chi connectivity index (χ0) is 13.7. The van der Waals surface area contributed by atoms with Gasteiger partial charge in [-0.05, 0) is 18.2 Å². The molecule has 6 heteroatoms. The quantitative estimate of drug-likeness (QED) is 0.760. The van der Waals surface area contributed by atoms with Crippen molar-refractivity contribution in [1.82, 2.24) is 9.55 Å². The fourth-order valence-electron chi connectivity index (χ4n) is 1.70. The zero-order valence-electron chi connectivity index (χ0n) is 10.6. The lowest BCUT2D eigenvalue weighted by atomic mass is 10.2. The van der Waals surface area contributed by atoms with Crippen LogP contribution < -0.4 is 5.56 Å². The van der Waals surface area contributed by atoms with E-state index < -0.39 is 0 Å². The second-order valence-corrected chi connectivity index (χ2v) is 4.93. The summed E-state index contributed by atoms with van der Waals surface area (Å²) < 4.78 is 12.7. The lowest BCUT2D eigenvalue weighted by molar-refractivity contribution is 0.0662. The number of aromatic nitrogens is 2. The lowest BCUT2D eigenvalue weighted by Crippen LogP contribution is -2.23. The van der Waals surface area contributed by atoms with Gasteiger partial charge in [0.15, 0.2) is 0 Å². The Hall–Kier alpha value is -1.24. The van der Waals surface area contributed by atoms with Crippen LogP contribution >= 0.6 is 15.9 Å². The number of hydrogen-bond donors (Lipinski definition) is 0. The first kappa shape index (κ1) is 14.2. The Kier molecular flexibility index (Phi) is 5.07. The minimum absolute atomic E-state index is 0.0483. The molecule has 0 fully saturated rings. The van der Waals surface area contributed by atoms with Gasteiger partial charge in [-0.15, -0.1) is 0 Å². The summed E-state index contributed by atoms with van der Waals surface area (Å²) in [5.74, 6) is 0. The molecule has 0 aliphatic carbocycles. The van der Waals surface area contributed by atoms with Gasteiger partial charge in [0.25, 0.3) is 5.56 Å². The molecule has 5 nitrogen and oxygen atoms in total. The van der Waals surface area contributed by atoms with Crippen LogP contribution in [-0.2, 0) is 16.0 Å². The van der Waals surface area contributed by atoms with E-state index in [2.05, 4.69) is 20.9 Å². The molecule has 0 spiro atoms. The number of hydrogen-bond acceptors (Lipinski definition) is 4. The van der Waals surface area contributed by atoms with Crippen molar-refractivity contribution in [2.45, 2.75) is 6.54 Å². The summed E-state index contributed by atoms with van der Waals surface area (Å²) >= 11 is 3.36. The molecule has 0 amide bonds. The molecule has 0 atom stereocenters. The minimum Gasteiger partial charge on any atom is -0.382 e. The average molecular weight is 327 g/mol. The first-order valence-electron chi connectivity index (χ1n) is 5.94. The summed E-state index contributed by atoms with van der Waals surface area (Å²) in [6.07, 6.45) is 1.55. The highest BCUT2D eigenvalue weighted by Gasteiger charge is 2.04. The molecule has 0 bridgehead atoms. The van der Waals surface area contributed by atoms with Gasteiger partial charge in [0.2, 0.25) is 0 Å². The molecule has 0 saturated heterocycles. The van der Waals surface area contributed by atoms with Crippen molar-refractivity contribution in [1.29, 1.82) is 0 Å². The van der Waals surface area contributed by atoms with Crippen molar-refractivity contribution in [2.75, 3.05) is 26.9 Å². The first-order chi connectivity index (χ1) is 9.22. The highest BCUT2D eigenvalue weighted by Crippen LogP contribution is 2.14. The fraction of sp³-hybridized carbons (Fsp3) is 0.385. The Morgan fingerprint density at radius 3 is 2.95 bits per heavy atom. The molecule has 1 aromatic heterocycles. The second kappa shape index (κ2) is 6.79. The molecule has 1 heterocycles. The molecular formula is C13H15BrN2O3. The molecule has 0 N–H and O–H groups in total. The summed E-state index contributed by atoms with van der Waals surface area (Å²) in [7, 11) is 1.62. The third-order valence-electron chi connectivity index (χ3n) is 2.70. The third kappa shape index (κ3) is 3.62. The second-order valence-electron chi connectivity index (χ2n) is 4.01. The molecule has 2 rings (SSSR count). The van der Waals surface area contributed by atoms with Crippen molar-refractivity contribution in [3.63, 3.8) is 0 Å². The fourth-order valence-corrected chi connectivity index (χ4v) is 2.05. The average Bonchev–Trinajstić information content (AvgIpc) is 2.41. The maximum atomic E-state index is 12.2. The number of benzene rings is 1. The standard InChI is InChI=1S/C13H15BrN2O3/c1-18-6-7-19-5-4-16-9-15-12-8-10(14)2-3-11(12)13(16)17/h2-3,8-9H,4-7H2,1H3. The molecule has 102 valence electrons. The smallest absolute Gasteiger partial charge is 0.261 e. The van der Waals surface area contributed by atoms with Crippen LogP contribution in [0.2, 0.25) is 0 Å². The predicted molar refractivity (Wildman–Crippen MR) is 76.4 cm³/mol. The highest BCUT2D eigenvalue weighted by molar-refractivity contribution is 9.10. The Balaban J connectivity index is 2.10. The van der Waals surface area contributed by atoms with Gasteiger partial charge in [-0.1, -0.05) is 15.9 Å². The van der Waals surface area contributed by atoms with Crippen LogP contribution in [-0.4, -0.2) is 36.5 Å². The number of ether oxygens (including phenoxy) is 2. The molecule has 0 saturated carbocycles. The van der Waals surface area contributed by atoms with Gasteiger partial charge in [-0.3, -0.25) is 9.36 Å². The van der Waals surface area contributed by atoms with E-state index in [1.165, 1.54) is 0 Å². The SMILES string of the molecule is COCCOCCn1cnc2cc(Br)ccc2c1=O. The number of nitrogens with zero attached hydrogens (tertiary/aromatic N) is 2. The summed E-state index contributed by atoms with van der Waals surface area (Å²) in [5, 5.41) is 0.614. The van der Waals surface area contributed by atoms with E-state index in [0.29, 0.717) is 37.3 Å². The summed E-state index contributed by atoms with van der Waals surface area (Å²) in [6, 6.07) is 5.44. The van der Waals surface area contributed by atoms with Crippen LogP contribution in [0.15, 0.2) is 33.8 Å². The van der Waals surface area contributed by atoms with E-state index in [9.17, 15) is 4.79 Å². The monoisotopic (exact) mass is 326 g/mol. The van der Waals surface area contributed by atoms with E-state index in [-0.39, 0.29) is 5.56 Å². The van der Waals surface area contributed by atoms with Crippen LogP contribution in [0.4, 0.5) is 0 Å². The maximum Gasteiger partial charge on any atom is 0.261 e. The molecule has 19 heavy (non-hydrogen) atoms. The predicted octanol–water partition coefficient (Wildman–Crippen LogP) is 1.82. The van der Waals surface area contributed by atoms with Crippen LogP contribution in [0.25, 0.3) is 10.9 Å². The van der Waals surface area contributed by atoms with Gasteiger partial charge in [0.1, 0.15) is 0 Å². The van der Waals surface area contributed by atoms with E-state index in [4.69, 9.17) is 9.47 Å². The normalized spacial score (nSPS) is 11.1. The maximum absolute atomic E-state index is 12.2. The van der Waals surface area contributed by atoms with Crippen LogP contribution in [0.5, 0.6) is 0 Å². The molecule has 0 radical (unpaired) electrons. The van der Waals surface area contributed by atoms with Crippen molar-refractivity contribution in [2.24, 2.45) is 0 Å². The van der Waals surface area contributed by atoms with E-state index in [0.717, 1.165) is 4.47 Å². The van der Waals surface area contributed by atoms with Crippen molar-refractivity contribution in [3.8, 4) is 0 Å². The van der Waals surface area contributed by atoms with Gasteiger partial charge in [-0.25, -0.2) is 4.98 Å². The van der Waals surface area contributed by atoms with Gasteiger partial charge in [0, 0.05) is 11.6 Å². The number of methoxy groups -OCH3 is 1.